The number of anilines is 1. The summed E-state index contributed by atoms with van der Waals surface area (Å²) in [5, 5.41) is 3.21. The predicted octanol–water partition coefficient (Wildman–Crippen LogP) is 3.13. The third-order valence-electron chi connectivity index (χ3n) is 3.78. The van der Waals surface area contributed by atoms with Crippen molar-refractivity contribution < 1.29 is 14.4 Å². The predicted molar refractivity (Wildman–Crippen MR) is 87.0 cm³/mol. The highest BCUT2D eigenvalue weighted by Gasteiger charge is 2.32. The van der Waals surface area contributed by atoms with Gasteiger partial charge in [-0.1, -0.05) is 17.7 Å². The molecule has 0 saturated carbocycles. The largest absolute Gasteiger partial charge is 0.322 e. The van der Waals surface area contributed by atoms with Crippen LogP contribution in [0.25, 0.3) is 0 Å². The molecule has 0 bridgehead atoms. The van der Waals surface area contributed by atoms with Crippen LogP contribution in [0.15, 0.2) is 36.4 Å². The molecule has 1 heterocycles. The van der Waals surface area contributed by atoms with E-state index in [1.807, 2.05) is 6.92 Å². The minimum absolute atomic E-state index is 0.289. The molecule has 0 fully saturated rings. The van der Waals surface area contributed by atoms with Crippen molar-refractivity contribution in [2.75, 3.05) is 12.4 Å². The molecular formula is C17H13ClN2O3. The first kappa shape index (κ1) is 15.2. The van der Waals surface area contributed by atoms with Gasteiger partial charge >= 0.3 is 0 Å². The lowest BCUT2D eigenvalue weighted by atomic mass is 10.1. The molecule has 0 unspecified atom stereocenters. The molecule has 23 heavy (non-hydrogen) atoms. The number of carbonyl (C=O) groups is 3. The van der Waals surface area contributed by atoms with Gasteiger partial charge in [0.25, 0.3) is 17.7 Å². The van der Waals surface area contributed by atoms with Crippen molar-refractivity contribution in [3.63, 3.8) is 0 Å². The Morgan fingerprint density at radius 2 is 1.74 bits per heavy atom. The summed E-state index contributed by atoms with van der Waals surface area (Å²) >= 11 is 6.02. The number of aryl methyl sites for hydroxylation is 1. The van der Waals surface area contributed by atoms with Crippen molar-refractivity contribution in [2.24, 2.45) is 0 Å². The first-order valence-corrected chi connectivity index (χ1v) is 7.30. The first-order chi connectivity index (χ1) is 10.9. The fraction of sp³-hybridized carbons (Fsp3) is 0.118. The molecule has 0 radical (unpaired) electrons. The molecule has 0 atom stereocenters. The molecule has 116 valence electrons. The van der Waals surface area contributed by atoms with Crippen molar-refractivity contribution in [3.05, 3.63) is 63.7 Å². The molecule has 1 N–H and O–H groups in total. The summed E-state index contributed by atoms with van der Waals surface area (Å²) in [5.41, 5.74) is 2.38. The van der Waals surface area contributed by atoms with Crippen molar-refractivity contribution in [3.8, 4) is 0 Å². The van der Waals surface area contributed by atoms with Crippen LogP contribution >= 0.6 is 11.6 Å². The lowest BCUT2D eigenvalue weighted by Crippen LogP contribution is -2.24. The van der Waals surface area contributed by atoms with E-state index in [9.17, 15) is 14.4 Å². The van der Waals surface area contributed by atoms with Crippen LogP contribution in [0.2, 0.25) is 5.02 Å². The zero-order chi connectivity index (χ0) is 16.7. The van der Waals surface area contributed by atoms with Gasteiger partial charge in [-0.3, -0.25) is 19.3 Å². The highest BCUT2D eigenvalue weighted by molar-refractivity contribution is 6.31. The second-order valence-corrected chi connectivity index (χ2v) is 5.75. The third-order valence-corrected chi connectivity index (χ3v) is 4.19. The zero-order valence-corrected chi connectivity index (χ0v) is 13.3. The van der Waals surface area contributed by atoms with E-state index in [-0.39, 0.29) is 23.3 Å². The van der Waals surface area contributed by atoms with Crippen LogP contribution in [-0.4, -0.2) is 29.7 Å². The number of amides is 3. The van der Waals surface area contributed by atoms with E-state index in [0.717, 1.165) is 10.5 Å². The summed E-state index contributed by atoms with van der Waals surface area (Å²) in [7, 11) is 1.43. The van der Waals surface area contributed by atoms with Crippen LogP contribution in [0, 0.1) is 6.92 Å². The number of hydrogen-bond donors (Lipinski definition) is 1. The number of halogens is 1. The molecule has 2 aromatic carbocycles. The number of carbonyl (C=O) groups excluding carboxylic acids is 3. The lowest BCUT2D eigenvalue weighted by molar-refractivity contribution is 0.0692. The second-order valence-electron chi connectivity index (χ2n) is 5.35. The van der Waals surface area contributed by atoms with Gasteiger partial charge in [0.2, 0.25) is 0 Å². The van der Waals surface area contributed by atoms with Gasteiger partial charge in [0.05, 0.1) is 11.1 Å². The topological polar surface area (TPSA) is 66.5 Å². The van der Waals surface area contributed by atoms with E-state index < -0.39 is 0 Å². The molecule has 0 spiro atoms. The summed E-state index contributed by atoms with van der Waals surface area (Å²) in [6.07, 6.45) is 0. The highest BCUT2D eigenvalue weighted by Crippen LogP contribution is 2.25. The van der Waals surface area contributed by atoms with Gasteiger partial charge in [0.15, 0.2) is 0 Å². The van der Waals surface area contributed by atoms with Crippen molar-refractivity contribution in [1.82, 2.24) is 4.90 Å². The molecule has 0 aromatic heterocycles. The van der Waals surface area contributed by atoms with Crippen LogP contribution in [0.1, 0.15) is 36.6 Å². The first-order valence-electron chi connectivity index (χ1n) is 6.92. The number of fused-ring (bicyclic) bond motifs is 1. The van der Waals surface area contributed by atoms with E-state index in [4.69, 9.17) is 11.6 Å². The number of imide groups is 1. The van der Waals surface area contributed by atoms with E-state index >= 15 is 0 Å². The van der Waals surface area contributed by atoms with Crippen molar-refractivity contribution in [2.45, 2.75) is 6.92 Å². The fourth-order valence-electron chi connectivity index (χ4n) is 2.38. The Morgan fingerprint density at radius 3 is 2.43 bits per heavy atom. The van der Waals surface area contributed by atoms with Crippen LogP contribution in [-0.2, 0) is 0 Å². The number of nitrogens with zero attached hydrogens (tertiary/aromatic N) is 1. The molecule has 1 aliphatic heterocycles. The molecule has 3 amide bonds. The normalized spacial score (nSPS) is 13.3. The molecule has 0 aliphatic carbocycles. The maximum absolute atomic E-state index is 12.3. The van der Waals surface area contributed by atoms with Crippen LogP contribution < -0.4 is 5.32 Å². The smallest absolute Gasteiger partial charge is 0.261 e. The van der Waals surface area contributed by atoms with Gasteiger partial charge in [-0.05, 0) is 42.8 Å². The summed E-state index contributed by atoms with van der Waals surface area (Å²) in [4.78, 5) is 37.1. The fourth-order valence-corrected chi connectivity index (χ4v) is 2.56. The monoisotopic (exact) mass is 328 g/mol. The molecule has 2 aromatic rings. The molecule has 5 nitrogen and oxygen atoms in total. The summed E-state index contributed by atoms with van der Waals surface area (Å²) in [5.74, 6) is -1.05. The quantitative estimate of drug-likeness (QED) is 0.861. The number of nitrogens with one attached hydrogen (secondary N) is 1. The number of hydrogen-bond acceptors (Lipinski definition) is 3. The molecule has 6 heteroatoms. The highest BCUT2D eigenvalue weighted by atomic mass is 35.5. The standard InChI is InChI=1S/C17H13ClN2O3/c1-9-3-4-10(7-14(9)18)15(21)19-11-5-6-12-13(8-11)17(23)20(2)16(12)22/h3-8H,1-2H3,(H,19,21). The van der Waals surface area contributed by atoms with Gasteiger partial charge < -0.3 is 5.32 Å². The number of benzene rings is 2. The van der Waals surface area contributed by atoms with Gasteiger partial charge in [0, 0.05) is 23.3 Å². The molecule has 3 rings (SSSR count). The second kappa shape index (κ2) is 5.52. The Hall–Kier alpha value is -2.66. The summed E-state index contributed by atoms with van der Waals surface area (Å²) in [6.45, 7) is 1.85. The maximum Gasteiger partial charge on any atom is 0.261 e. The SMILES string of the molecule is Cc1ccc(C(=O)Nc2ccc3c(c2)C(=O)N(C)C3=O)cc1Cl. The van der Waals surface area contributed by atoms with E-state index in [1.54, 1.807) is 24.3 Å². The Bertz CT molecular complexity index is 861. The van der Waals surface area contributed by atoms with Crippen molar-refractivity contribution >= 4 is 35.0 Å². The molecular weight excluding hydrogens is 316 g/mol. The summed E-state index contributed by atoms with van der Waals surface area (Å²) in [6, 6.07) is 9.66. The Kier molecular flexibility index (Phi) is 3.66. The Morgan fingerprint density at radius 1 is 1.04 bits per heavy atom. The third kappa shape index (κ3) is 2.59. The number of rotatable bonds is 2. The Labute approximate surface area is 137 Å². The van der Waals surface area contributed by atoms with Crippen LogP contribution in [0.5, 0.6) is 0 Å². The van der Waals surface area contributed by atoms with Gasteiger partial charge in [-0.2, -0.15) is 0 Å². The Balaban J connectivity index is 1.87. The van der Waals surface area contributed by atoms with Gasteiger partial charge in [0.1, 0.15) is 0 Å². The molecule has 1 aliphatic rings. The average molecular weight is 329 g/mol. The summed E-state index contributed by atoms with van der Waals surface area (Å²) < 4.78 is 0. The van der Waals surface area contributed by atoms with E-state index in [0.29, 0.717) is 21.8 Å². The average Bonchev–Trinajstić information content (AvgIpc) is 2.74. The van der Waals surface area contributed by atoms with E-state index in [1.165, 1.54) is 19.2 Å². The zero-order valence-electron chi connectivity index (χ0n) is 12.5. The van der Waals surface area contributed by atoms with Crippen LogP contribution in [0.3, 0.4) is 0 Å². The molecule has 0 saturated heterocycles. The van der Waals surface area contributed by atoms with Gasteiger partial charge in [-0.25, -0.2) is 0 Å². The van der Waals surface area contributed by atoms with Crippen molar-refractivity contribution in [1.29, 1.82) is 0 Å². The van der Waals surface area contributed by atoms with Crippen LogP contribution in [0.4, 0.5) is 5.69 Å². The minimum atomic E-state index is -0.375. The van der Waals surface area contributed by atoms with E-state index in [2.05, 4.69) is 5.32 Å². The van der Waals surface area contributed by atoms with Gasteiger partial charge in [-0.15, -0.1) is 0 Å². The maximum atomic E-state index is 12.3. The lowest BCUT2D eigenvalue weighted by Gasteiger charge is -2.07. The minimum Gasteiger partial charge on any atom is -0.322 e.